The maximum Gasteiger partial charge on any atom is 0.127 e. The number of hydrogen-bond donors (Lipinski definition) is 1. The summed E-state index contributed by atoms with van der Waals surface area (Å²) in [6.45, 7) is 0.796. The third kappa shape index (κ3) is 3.06. The van der Waals surface area contributed by atoms with Crippen LogP contribution in [0.3, 0.4) is 0 Å². The predicted molar refractivity (Wildman–Crippen MR) is 65.7 cm³/mol. The van der Waals surface area contributed by atoms with Crippen molar-refractivity contribution in [1.29, 1.82) is 0 Å². The molecular formula is C12H11BrN2. The largest absolute Gasteiger partial charge is 0.366 e. The lowest BCUT2D eigenvalue weighted by Gasteiger charge is -2.05. The van der Waals surface area contributed by atoms with Crippen molar-refractivity contribution in [3.63, 3.8) is 0 Å². The van der Waals surface area contributed by atoms with Gasteiger partial charge in [-0.25, -0.2) is 4.98 Å². The van der Waals surface area contributed by atoms with Crippen LogP contribution in [0.5, 0.6) is 0 Å². The summed E-state index contributed by atoms with van der Waals surface area (Å²) in [4.78, 5) is 4.21. The van der Waals surface area contributed by atoms with Gasteiger partial charge in [-0.05, 0) is 17.7 Å². The molecule has 0 amide bonds. The van der Waals surface area contributed by atoms with Crippen molar-refractivity contribution in [2.75, 3.05) is 5.32 Å². The van der Waals surface area contributed by atoms with Crippen LogP contribution in [0.4, 0.5) is 5.82 Å². The highest BCUT2D eigenvalue weighted by Gasteiger charge is 1.94. The molecule has 3 heteroatoms. The van der Waals surface area contributed by atoms with Gasteiger partial charge in [-0.1, -0.05) is 46.3 Å². The lowest BCUT2D eigenvalue weighted by atomic mass is 10.2. The van der Waals surface area contributed by atoms with Gasteiger partial charge >= 0.3 is 0 Å². The van der Waals surface area contributed by atoms with E-state index in [0.717, 1.165) is 16.8 Å². The number of nitrogens with one attached hydrogen (secondary N) is 1. The lowest BCUT2D eigenvalue weighted by molar-refractivity contribution is 1.11. The van der Waals surface area contributed by atoms with Gasteiger partial charge in [0.05, 0.1) is 0 Å². The second-order valence-electron chi connectivity index (χ2n) is 3.20. The Balaban J connectivity index is 1.99. The normalized spacial score (nSPS) is 9.93. The van der Waals surface area contributed by atoms with Crippen LogP contribution >= 0.6 is 15.9 Å². The van der Waals surface area contributed by atoms with Crippen LogP contribution in [-0.4, -0.2) is 4.98 Å². The van der Waals surface area contributed by atoms with Gasteiger partial charge in [-0.15, -0.1) is 0 Å². The molecule has 0 saturated heterocycles. The lowest BCUT2D eigenvalue weighted by Crippen LogP contribution is -2.00. The van der Waals surface area contributed by atoms with E-state index in [0.29, 0.717) is 0 Å². The number of nitrogens with zero attached hydrogens (tertiary/aromatic N) is 1. The average molecular weight is 263 g/mol. The second kappa shape index (κ2) is 4.94. The summed E-state index contributed by atoms with van der Waals surface area (Å²) in [5.41, 5.74) is 1.25. The number of pyridine rings is 1. The first kappa shape index (κ1) is 10.2. The van der Waals surface area contributed by atoms with Crippen LogP contribution < -0.4 is 5.32 Å². The molecule has 0 radical (unpaired) electrons. The molecule has 0 aliphatic rings. The Morgan fingerprint density at radius 2 is 1.93 bits per heavy atom. The molecule has 2 nitrogen and oxygen atoms in total. The zero-order valence-electron chi connectivity index (χ0n) is 8.15. The Labute approximate surface area is 97.5 Å². The first-order valence-electron chi connectivity index (χ1n) is 4.74. The fourth-order valence-corrected chi connectivity index (χ4v) is 1.62. The van der Waals surface area contributed by atoms with Gasteiger partial charge in [-0.3, -0.25) is 0 Å². The van der Waals surface area contributed by atoms with E-state index >= 15 is 0 Å². The minimum absolute atomic E-state index is 0.796. The molecule has 2 rings (SSSR count). The summed E-state index contributed by atoms with van der Waals surface area (Å²) in [6, 6.07) is 14.1. The van der Waals surface area contributed by atoms with Gasteiger partial charge in [0.15, 0.2) is 0 Å². The minimum Gasteiger partial charge on any atom is -0.366 e. The van der Waals surface area contributed by atoms with E-state index in [1.165, 1.54) is 5.56 Å². The molecule has 1 heterocycles. The molecule has 0 fully saturated rings. The molecule has 76 valence electrons. The van der Waals surface area contributed by atoms with Crippen LogP contribution in [0.25, 0.3) is 0 Å². The van der Waals surface area contributed by atoms with Gasteiger partial charge < -0.3 is 5.32 Å². The zero-order chi connectivity index (χ0) is 10.5. The Bertz CT molecular complexity index is 429. The summed E-state index contributed by atoms with van der Waals surface area (Å²) in [5.74, 6) is 0.883. The molecule has 15 heavy (non-hydrogen) atoms. The van der Waals surface area contributed by atoms with E-state index in [1.807, 2.05) is 30.3 Å². The smallest absolute Gasteiger partial charge is 0.127 e. The summed E-state index contributed by atoms with van der Waals surface area (Å²) < 4.78 is 1.04. The van der Waals surface area contributed by atoms with Crippen molar-refractivity contribution >= 4 is 21.7 Å². The highest BCUT2D eigenvalue weighted by Crippen LogP contribution is 2.13. The van der Waals surface area contributed by atoms with E-state index in [1.54, 1.807) is 6.20 Å². The third-order valence-corrected chi connectivity index (χ3v) is 2.53. The Morgan fingerprint density at radius 1 is 1.13 bits per heavy atom. The quantitative estimate of drug-likeness (QED) is 0.917. The number of hydrogen-bond acceptors (Lipinski definition) is 2. The minimum atomic E-state index is 0.796. The Kier molecular flexibility index (Phi) is 3.35. The molecule has 0 aliphatic carbocycles. The molecular weight excluding hydrogens is 252 g/mol. The molecule has 1 N–H and O–H groups in total. The van der Waals surface area contributed by atoms with E-state index in [-0.39, 0.29) is 0 Å². The number of benzene rings is 1. The van der Waals surface area contributed by atoms with Crippen molar-refractivity contribution < 1.29 is 0 Å². The number of halogens is 1. The van der Waals surface area contributed by atoms with Crippen molar-refractivity contribution in [3.8, 4) is 0 Å². The molecule has 0 bridgehead atoms. The maximum atomic E-state index is 4.21. The molecule has 2 aromatic rings. The second-order valence-corrected chi connectivity index (χ2v) is 4.11. The molecule has 1 aromatic heterocycles. The maximum absolute atomic E-state index is 4.21. The number of anilines is 1. The van der Waals surface area contributed by atoms with Gasteiger partial charge in [0, 0.05) is 17.2 Å². The van der Waals surface area contributed by atoms with Crippen LogP contribution in [-0.2, 0) is 6.54 Å². The van der Waals surface area contributed by atoms with Crippen molar-refractivity contribution in [1.82, 2.24) is 4.98 Å². The first-order valence-corrected chi connectivity index (χ1v) is 5.53. The van der Waals surface area contributed by atoms with E-state index in [9.17, 15) is 0 Å². The number of aromatic nitrogens is 1. The van der Waals surface area contributed by atoms with Crippen molar-refractivity contribution in [2.45, 2.75) is 6.54 Å². The molecule has 1 aromatic carbocycles. The molecule has 0 aliphatic heterocycles. The van der Waals surface area contributed by atoms with Gasteiger partial charge in [0.2, 0.25) is 0 Å². The van der Waals surface area contributed by atoms with Gasteiger partial charge in [0.25, 0.3) is 0 Å². The topological polar surface area (TPSA) is 24.9 Å². The zero-order valence-corrected chi connectivity index (χ0v) is 9.74. The summed E-state index contributed by atoms with van der Waals surface area (Å²) in [7, 11) is 0. The van der Waals surface area contributed by atoms with Crippen LogP contribution in [0.1, 0.15) is 5.56 Å². The summed E-state index contributed by atoms with van der Waals surface area (Å²) in [5, 5.41) is 3.26. The SMILES string of the molecule is Brc1ccnc(NCc2ccccc2)c1. The summed E-state index contributed by atoms with van der Waals surface area (Å²) >= 11 is 3.41. The van der Waals surface area contributed by atoms with Crippen LogP contribution in [0.15, 0.2) is 53.1 Å². The predicted octanol–water partition coefficient (Wildman–Crippen LogP) is 3.46. The van der Waals surface area contributed by atoms with E-state index in [2.05, 4.69) is 38.4 Å². The molecule has 0 spiro atoms. The van der Waals surface area contributed by atoms with Gasteiger partial charge in [-0.2, -0.15) is 0 Å². The molecule has 0 saturated carbocycles. The fraction of sp³-hybridized carbons (Fsp3) is 0.0833. The molecule has 0 atom stereocenters. The first-order chi connectivity index (χ1) is 7.34. The van der Waals surface area contributed by atoms with Gasteiger partial charge in [0.1, 0.15) is 5.82 Å². The Morgan fingerprint density at radius 3 is 2.67 bits per heavy atom. The number of rotatable bonds is 3. The highest BCUT2D eigenvalue weighted by atomic mass is 79.9. The summed E-state index contributed by atoms with van der Waals surface area (Å²) in [6.07, 6.45) is 1.78. The van der Waals surface area contributed by atoms with Crippen molar-refractivity contribution in [3.05, 3.63) is 58.7 Å². The fourth-order valence-electron chi connectivity index (χ4n) is 1.29. The van der Waals surface area contributed by atoms with Crippen LogP contribution in [0.2, 0.25) is 0 Å². The standard InChI is InChI=1S/C12H11BrN2/c13-11-6-7-14-12(8-11)15-9-10-4-2-1-3-5-10/h1-8H,9H2,(H,14,15). The molecule has 0 unspecified atom stereocenters. The highest BCUT2D eigenvalue weighted by molar-refractivity contribution is 9.10. The van der Waals surface area contributed by atoms with E-state index < -0.39 is 0 Å². The van der Waals surface area contributed by atoms with Crippen LogP contribution in [0, 0.1) is 0 Å². The third-order valence-electron chi connectivity index (χ3n) is 2.04. The van der Waals surface area contributed by atoms with Crippen molar-refractivity contribution in [2.24, 2.45) is 0 Å². The monoisotopic (exact) mass is 262 g/mol. The Hall–Kier alpha value is -1.35. The van der Waals surface area contributed by atoms with E-state index in [4.69, 9.17) is 0 Å². The average Bonchev–Trinajstić information content (AvgIpc) is 2.28.